The van der Waals surface area contributed by atoms with Crippen LogP contribution in [0.5, 0.6) is 0 Å². The molecule has 5 nitrogen and oxygen atoms in total. The highest BCUT2D eigenvalue weighted by molar-refractivity contribution is 14.1. The second kappa shape index (κ2) is 5.85. The molecule has 0 unspecified atom stereocenters. The number of hydrazone groups is 1. The fourth-order valence-electron chi connectivity index (χ4n) is 1.42. The Kier molecular flexibility index (Phi) is 4.19. The topological polar surface area (TPSA) is 63.1 Å². The summed E-state index contributed by atoms with van der Waals surface area (Å²) in [5.41, 5.74) is 3.82. The fourth-order valence-corrected chi connectivity index (χ4v) is 1.98. The molecule has 2 aromatic rings. The molecule has 0 aliphatic rings. The van der Waals surface area contributed by atoms with Gasteiger partial charge in [-0.3, -0.25) is 0 Å². The van der Waals surface area contributed by atoms with E-state index in [2.05, 4.69) is 48.1 Å². The number of rotatable bonds is 3. The van der Waals surface area contributed by atoms with E-state index in [0.29, 0.717) is 17.6 Å². The molecule has 0 saturated carbocycles. The molecule has 0 saturated heterocycles. The minimum atomic E-state index is 0.460. The van der Waals surface area contributed by atoms with E-state index in [1.165, 1.54) is 3.57 Å². The van der Waals surface area contributed by atoms with Crippen molar-refractivity contribution in [2.45, 2.75) is 13.8 Å². The third kappa shape index (κ3) is 3.73. The van der Waals surface area contributed by atoms with Crippen molar-refractivity contribution < 1.29 is 0 Å². The summed E-state index contributed by atoms with van der Waals surface area (Å²) in [5, 5.41) is 4.10. The van der Waals surface area contributed by atoms with Crippen molar-refractivity contribution in [3.8, 4) is 0 Å². The quantitative estimate of drug-likeness (QED) is 0.523. The van der Waals surface area contributed by atoms with Crippen LogP contribution in [0.3, 0.4) is 0 Å². The second-order valence-electron chi connectivity index (χ2n) is 3.68. The van der Waals surface area contributed by atoms with Crippen LogP contribution in [0, 0.1) is 17.4 Å². The van der Waals surface area contributed by atoms with E-state index >= 15 is 0 Å². The van der Waals surface area contributed by atoms with Crippen molar-refractivity contribution in [1.29, 1.82) is 0 Å². The highest BCUT2D eigenvalue weighted by Crippen LogP contribution is 2.06. The minimum Gasteiger partial charge on any atom is -0.245 e. The Labute approximate surface area is 119 Å². The van der Waals surface area contributed by atoms with Crippen molar-refractivity contribution in [1.82, 2.24) is 15.0 Å². The molecular formula is C12H12IN5. The van der Waals surface area contributed by atoms with Gasteiger partial charge in [-0.05, 0) is 54.1 Å². The van der Waals surface area contributed by atoms with Crippen LogP contribution < -0.4 is 5.43 Å². The minimum absolute atomic E-state index is 0.460. The largest absolute Gasteiger partial charge is 0.247 e. The van der Waals surface area contributed by atoms with Gasteiger partial charge >= 0.3 is 0 Å². The number of hydrogen-bond donors (Lipinski definition) is 1. The Hall–Kier alpha value is -1.57. The molecule has 0 atom stereocenters. The molecule has 0 aliphatic heterocycles. The van der Waals surface area contributed by atoms with E-state index in [-0.39, 0.29) is 0 Å². The van der Waals surface area contributed by atoms with Gasteiger partial charge < -0.3 is 0 Å². The molecular weight excluding hydrogens is 341 g/mol. The zero-order chi connectivity index (χ0) is 13.0. The van der Waals surface area contributed by atoms with E-state index in [1.54, 1.807) is 6.21 Å². The van der Waals surface area contributed by atoms with Gasteiger partial charge in [0.25, 0.3) is 0 Å². The average molecular weight is 353 g/mol. The number of aromatic nitrogens is 3. The Morgan fingerprint density at radius 2 is 1.89 bits per heavy atom. The van der Waals surface area contributed by atoms with Crippen molar-refractivity contribution in [3.63, 3.8) is 0 Å². The number of nitrogens with zero attached hydrogens (tertiary/aromatic N) is 4. The molecule has 1 N–H and O–H groups in total. The van der Waals surface area contributed by atoms with Crippen molar-refractivity contribution >= 4 is 34.8 Å². The highest BCUT2D eigenvalue weighted by Gasteiger charge is 1.97. The smallest absolute Gasteiger partial charge is 0.245 e. The normalized spacial score (nSPS) is 10.8. The van der Waals surface area contributed by atoms with Crippen LogP contribution >= 0.6 is 22.6 Å². The molecule has 0 fully saturated rings. The molecule has 6 heteroatoms. The first kappa shape index (κ1) is 12.9. The van der Waals surface area contributed by atoms with Crippen LogP contribution in [0.25, 0.3) is 0 Å². The SMILES string of the molecule is Cc1nc(C)nc(N/N=C\c2cccc(I)c2)n1. The first-order valence-corrected chi connectivity index (χ1v) is 6.45. The van der Waals surface area contributed by atoms with Gasteiger partial charge in [-0.1, -0.05) is 12.1 Å². The monoisotopic (exact) mass is 353 g/mol. The Bertz CT molecular complexity index is 562. The molecule has 2 rings (SSSR count). The highest BCUT2D eigenvalue weighted by atomic mass is 127. The fraction of sp³-hybridized carbons (Fsp3) is 0.167. The van der Waals surface area contributed by atoms with Crippen molar-refractivity contribution in [2.75, 3.05) is 5.43 Å². The summed E-state index contributed by atoms with van der Waals surface area (Å²) >= 11 is 2.26. The Balaban J connectivity index is 2.07. The van der Waals surface area contributed by atoms with Gasteiger partial charge in [0.15, 0.2) is 0 Å². The van der Waals surface area contributed by atoms with Gasteiger partial charge in [0.05, 0.1) is 6.21 Å². The van der Waals surface area contributed by atoms with Crippen LogP contribution in [0.4, 0.5) is 5.95 Å². The summed E-state index contributed by atoms with van der Waals surface area (Å²) in [5.74, 6) is 1.81. The van der Waals surface area contributed by atoms with Gasteiger partial charge in [-0.15, -0.1) is 0 Å². The van der Waals surface area contributed by atoms with E-state index in [0.717, 1.165) is 5.56 Å². The molecule has 1 heterocycles. The molecule has 1 aromatic heterocycles. The van der Waals surface area contributed by atoms with E-state index < -0.39 is 0 Å². The summed E-state index contributed by atoms with van der Waals surface area (Å²) in [4.78, 5) is 12.4. The standard InChI is InChI=1S/C12H12IN5/c1-8-15-9(2)17-12(16-8)18-14-7-10-4-3-5-11(13)6-10/h3-7H,1-2H3,(H,15,16,17,18)/b14-7-. The van der Waals surface area contributed by atoms with Crippen LogP contribution in [-0.2, 0) is 0 Å². The molecule has 0 spiro atoms. The van der Waals surface area contributed by atoms with Crippen LogP contribution in [0.15, 0.2) is 29.4 Å². The van der Waals surface area contributed by atoms with Crippen molar-refractivity contribution in [3.05, 3.63) is 45.0 Å². The van der Waals surface area contributed by atoms with Crippen LogP contribution in [0.1, 0.15) is 17.2 Å². The number of anilines is 1. The molecule has 18 heavy (non-hydrogen) atoms. The van der Waals surface area contributed by atoms with Gasteiger partial charge in [0.2, 0.25) is 5.95 Å². The lowest BCUT2D eigenvalue weighted by Gasteiger charge is -2.00. The summed E-state index contributed by atoms with van der Waals surface area (Å²) in [7, 11) is 0. The van der Waals surface area contributed by atoms with Gasteiger partial charge in [-0.25, -0.2) is 10.4 Å². The second-order valence-corrected chi connectivity index (χ2v) is 4.92. The molecule has 0 bridgehead atoms. The third-order valence-corrected chi connectivity index (χ3v) is 2.76. The van der Waals surface area contributed by atoms with Gasteiger partial charge in [0.1, 0.15) is 11.6 Å². The van der Waals surface area contributed by atoms with Crippen molar-refractivity contribution in [2.24, 2.45) is 5.10 Å². The van der Waals surface area contributed by atoms with Crippen LogP contribution in [0.2, 0.25) is 0 Å². The maximum absolute atomic E-state index is 4.13. The Morgan fingerprint density at radius 1 is 1.17 bits per heavy atom. The van der Waals surface area contributed by atoms with E-state index in [1.807, 2.05) is 38.1 Å². The summed E-state index contributed by atoms with van der Waals surface area (Å²) < 4.78 is 1.17. The number of nitrogens with one attached hydrogen (secondary N) is 1. The number of halogens is 1. The number of benzene rings is 1. The molecule has 1 aromatic carbocycles. The lowest BCUT2D eigenvalue weighted by atomic mass is 10.2. The first-order valence-electron chi connectivity index (χ1n) is 5.37. The molecule has 0 radical (unpaired) electrons. The lowest BCUT2D eigenvalue weighted by molar-refractivity contribution is 0.918. The average Bonchev–Trinajstić information content (AvgIpc) is 2.27. The maximum Gasteiger partial charge on any atom is 0.247 e. The van der Waals surface area contributed by atoms with Gasteiger partial charge in [0, 0.05) is 3.57 Å². The summed E-state index contributed by atoms with van der Waals surface area (Å²) in [6.45, 7) is 3.65. The predicted octanol–water partition coefficient (Wildman–Crippen LogP) is 2.54. The number of hydrogen-bond acceptors (Lipinski definition) is 5. The molecule has 0 amide bonds. The predicted molar refractivity (Wildman–Crippen MR) is 79.7 cm³/mol. The summed E-state index contributed by atoms with van der Waals surface area (Å²) in [6, 6.07) is 8.04. The van der Waals surface area contributed by atoms with E-state index in [4.69, 9.17) is 0 Å². The maximum atomic E-state index is 4.13. The molecule has 92 valence electrons. The first-order chi connectivity index (χ1) is 8.63. The number of aryl methyl sites for hydroxylation is 2. The third-order valence-electron chi connectivity index (χ3n) is 2.09. The Morgan fingerprint density at radius 3 is 2.56 bits per heavy atom. The van der Waals surface area contributed by atoms with Gasteiger partial charge in [-0.2, -0.15) is 15.1 Å². The van der Waals surface area contributed by atoms with Crippen LogP contribution in [-0.4, -0.2) is 21.2 Å². The lowest BCUT2D eigenvalue weighted by Crippen LogP contribution is -2.02. The zero-order valence-electron chi connectivity index (χ0n) is 10.1. The molecule has 0 aliphatic carbocycles. The summed E-state index contributed by atoms with van der Waals surface area (Å²) in [6.07, 6.45) is 1.73. The zero-order valence-corrected chi connectivity index (χ0v) is 12.2. The van der Waals surface area contributed by atoms with E-state index in [9.17, 15) is 0 Å².